The van der Waals surface area contributed by atoms with Crippen molar-refractivity contribution in [3.05, 3.63) is 29.3 Å². The lowest BCUT2D eigenvalue weighted by molar-refractivity contribution is -0.178. The number of nitrogens with zero attached hydrogens (tertiary/aromatic N) is 2. The summed E-state index contributed by atoms with van der Waals surface area (Å²) in [5, 5.41) is 0.925. The number of halogens is 2. The predicted molar refractivity (Wildman–Crippen MR) is 111 cm³/mol. The summed E-state index contributed by atoms with van der Waals surface area (Å²) in [6.45, 7) is 7.11. The van der Waals surface area contributed by atoms with Crippen molar-refractivity contribution in [3.8, 4) is 0 Å². The molecule has 1 amide bonds. The summed E-state index contributed by atoms with van der Waals surface area (Å²) in [7, 11) is 1.80. The van der Waals surface area contributed by atoms with Crippen LogP contribution in [0.1, 0.15) is 32.2 Å². The first-order valence-corrected chi connectivity index (χ1v) is 9.11. The minimum Gasteiger partial charge on any atom is -0.378 e. The quantitative estimate of drug-likeness (QED) is 0.802. The molecule has 5 nitrogen and oxygen atoms in total. The number of aromatic nitrogens is 1. The van der Waals surface area contributed by atoms with Crippen LogP contribution in [0.2, 0.25) is 0 Å². The number of hydrogen-bond acceptors (Lipinski definition) is 5. The number of likely N-dealkylation sites (N-methyl/N-ethyl adjacent to an activating group) is 1. The number of hydrogen-bond donors (Lipinski definition) is 1. The lowest BCUT2D eigenvalue weighted by Crippen LogP contribution is -2.75. The second kappa shape index (κ2) is 8.40. The number of carbonyl (C=O) groups excluding carboxylic acids is 1. The van der Waals surface area contributed by atoms with Gasteiger partial charge in [-0.1, -0.05) is 26.0 Å². The van der Waals surface area contributed by atoms with Crippen molar-refractivity contribution in [2.45, 2.75) is 45.4 Å². The molecule has 2 aromatic rings. The van der Waals surface area contributed by atoms with E-state index in [1.807, 2.05) is 45.0 Å². The minimum atomic E-state index is -0.877. The first-order valence-electron chi connectivity index (χ1n) is 8.30. The molecular weight excluding hydrogens is 393 g/mol. The molecule has 0 aliphatic heterocycles. The molecule has 0 saturated heterocycles. The standard InChI is InChI=1S/C18H25N3O2S.2ClH/c1-5-23-14-10-18(19,17(14,2)3)16(22)21(4)11-15-20-12-8-6-7-9-13(12)24-15;;/h6-9,14H,5,10-11,19H2,1-4H3;2*1H. The highest BCUT2D eigenvalue weighted by atomic mass is 35.5. The van der Waals surface area contributed by atoms with Crippen LogP contribution in [0.25, 0.3) is 10.2 Å². The van der Waals surface area contributed by atoms with Crippen molar-refractivity contribution < 1.29 is 9.53 Å². The summed E-state index contributed by atoms with van der Waals surface area (Å²) in [5.74, 6) is -0.0392. The molecule has 1 aromatic heterocycles. The average Bonchev–Trinajstić information content (AvgIpc) is 2.95. The second-order valence-electron chi connectivity index (χ2n) is 7.08. The zero-order chi connectivity index (χ0) is 17.5. The van der Waals surface area contributed by atoms with Gasteiger partial charge in [0, 0.05) is 25.5 Å². The molecule has 2 unspecified atom stereocenters. The van der Waals surface area contributed by atoms with Gasteiger partial charge in [0.05, 0.1) is 22.9 Å². The fraction of sp³-hybridized carbons (Fsp3) is 0.556. The van der Waals surface area contributed by atoms with Crippen molar-refractivity contribution in [3.63, 3.8) is 0 Å². The molecular formula is C18H27Cl2N3O2S. The molecule has 8 heteroatoms. The van der Waals surface area contributed by atoms with E-state index in [9.17, 15) is 4.79 Å². The highest BCUT2D eigenvalue weighted by Gasteiger charge is 2.63. The fourth-order valence-electron chi connectivity index (χ4n) is 3.40. The molecule has 0 radical (unpaired) electrons. The molecule has 26 heavy (non-hydrogen) atoms. The summed E-state index contributed by atoms with van der Waals surface area (Å²) >= 11 is 1.62. The summed E-state index contributed by atoms with van der Waals surface area (Å²) in [5.41, 5.74) is 6.21. The van der Waals surface area contributed by atoms with Crippen LogP contribution in [-0.4, -0.2) is 41.1 Å². The van der Waals surface area contributed by atoms with Crippen LogP contribution in [0.3, 0.4) is 0 Å². The largest absolute Gasteiger partial charge is 0.378 e. The van der Waals surface area contributed by atoms with Gasteiger partial charge in [-0.2, -0.15) is 0 Å². The predicted octanol–water partition coefficient (Wildman–Crippen LogP) is 3.63. The zero-order valence-corrected chi connectivity index (χ0v) is 18.0. The Morgan fingerprint density at radius 3 is 2.62 bits per heavy atom. The van der Waals surface area contributed by atoms with Gasteiger partial charge in [-0.25, -0.2) is 4.98 Å². The van der Waals surface area contributed by atoms with Gasteiger partial charge in [0.1, 0.15) is 10.5 Å². The highest BCUT2D eigenvalue weighted by Crippen LogP contribution is 2.50. The smallest absolute Gasteiger partial charge is 0.243 e. The van der Waals surface area contributed by atoms with E-state index in [2.05, 4.69) is 4.98 Å². The fourth-order valence-corrected chi connectivity index (χ4v) is 4.42. The van der Waals surface area contributed by atoms with Crippen LogP contribution >= 0.6 is 36.2 Å². The van der Waals surface area contributed by atoms with Gasteiger partial charge in [0.15, 0.2) is 0 Å². The molecule has 0 spiro atoms. The van der Waals surface area contributed by atoms with Crippen LogP contribution in [-0.2, 0) is 16.1 Å². The Balaban J connectivity index is 0.00000169. The molecule has 1 aliphatic carbocycles. The summed E-state index contributed by atoms with van der Waals surface area (Å²) < 4.78 is 6.85. The molecule has 1 heterocycles. The van der Waals surface area contributed by atoms with Gasteiger partial charge >= 0.3 is 0 Å². The maximum atomic E-state index is 13.0. The maximum Gasteiger partial charge on any atom is 0.243 e. The van der Waals surface area contributed by atoms with Crippen molar-refractivity contribution in [1.82, 2.24) is 9.88 Å². The van der Waals surface area contributed by atoms with E-state index < -0.39 is 5.54 Å². The number of benzene rings is 1. The Morgan fingerprint density at radius 2 is 2.04 bits per heavy atom. The van der Waals surface area contributed by atoms with Crippen molar-refractivity contribution in [2.75, 3.05) is 13.7 Å². The average molecular weight is 420 g/mol. The number of thiazole rings is 1. The molecule has 1 fully saturated rings. The molecule has 2 N–H and O–H groups in total. The van der Waals surface area contributed by atoms with E-state index in [4.69, 9.17) is 10.5 Å². The Bertz CT molecular complexity index is 735. The Morgan fingerprint density at radius 1 is 1.38 bits per heavy atom. The van der Waals surface area contributed by atoms with Crippen molar-refractivity contribution in [2.24, 2.45) is 11.1 Å². The van der Waals surface area contributed by atoms with E-state index in [-0.39, 0.29) is 42.2 Å². The van der Waals surface area contributed by atoms with E-state index in [1.54, 1.807) is 23.3 Å². The van der Waals surface area contributed by atoms with E-state index in [0.29, 0.717) is 19.6 Å². The van der Waals surface area contributed by atoms with Crippen molar-refractivity contribution >= 4 is 52.3 Å². The van der Waals surface area contributed by atoms with Gasteiger partial charge < -0.3 is 15.4 Å². The zero-order valence-electron chi connectivity index (χ0n) is 15.5. The number of rotatable bonds is 5. The summed E-state index contributed by atoms with van der Waals surface area (Å²) in [6, 6.07) is 8.01. The molecule has 0 bridgehead atoms. The van der Waals surface area contributed by atoms with E-state index >= 15 is 0 Å². The Hall–Kier alpha value is -0.920. The van der Waals surface area contributed by atoms with Crippen molar-refractivity contribution in [1.29, 1.82) is 0 Å². The molecule has 1 aliphatic rings. The third-order valence-electron chi connectivity index (χ3n) is 5.27. The number of fused-ring (bicyclic) bond motifs is 1. The summed E-state index contributed by atoms with van der Waals surface area (Å²) in [4.78, 5) is 19.3. The molecule has 146 valence electrons. The minimum absolute atomic E-state index is 0. The normalized spacial score (nSPS) is 23.5. The summed E-state index contributed by atoms with van der Waals surface area (Å²) in [6.07, 6.45) is 0.601. The van der Waals surface area contributed by atoms with Crippen LogP contribution in [0.4, 0.5) is 0 Å². The topological polar surface area (TPSA) is 68.5 Å². The van der Waals surface area contributed by atoms with Crippen LogP contribution in [0.5, 0.6) is 0 Å². The Labute approximate surface area is 171 Å². The lowest BCUT2D eigenvalue weighted by Gasteiger charge is -2.58. The van der Waals surface area contributed by atoms with Crippen LogP contribution < -0.4 is 5.73 Å². The number of amides is 1. The van der Waals surface area contributed by atoms with E-state index in [1.165, 1.54) is 0 Å². The number of nitrogens with two attached hydrogens (primary N) is 1. The van der Waals surface area contributed by atoms with Gasteiger partial charge in [-0.05, 0) is 19.1 Å². The maximum absolute atomic E-state index is 13.0. The van der Waals surface area contributed by atoms with Gasteiger partial charge in [0.2, 0.25) is 5.91 Å². The first kappa shape index (κ1) is 23.1. The number of para-hydroxylation sites is 1. The molecule has 1 saturated carbocycles. The molecule has 2 atom stereocenters. The molecule has 3 rings (SSSR count). The first-order chi connectivity index (χ1) is 11.3. The number of ether oxygens (including phenoxy) is 1. The van der Waals surface area contributed by atoms with Gasteiger partial charge in [-0.3, -0.25) is 4.79 Å². The van der Waals surface area contributed by atoms with Crippen LogP contribution in [0, 0.1) is 5.41 Å². The highest BCUT2D eigenvalue weighted by molar-refractivity contribution is 7.18. The third-order valence-corrected chi connectivity index (χ3v) is 6.29. The van der Waals surface area contributed by atoms with E-state index in [0.717, 1.165) is 15.2 Å². The monoisotopic (exact) mass is 419 g/mol. The third kappa shape index (κ3) is 3.71. The number of carbonyl (C=O) groups is 1. The van der Waals surface area contributed by atoms with Gasteiger partial charge in [0.25, 0.3) is 0 Å². The van der Waals surface area contributed by atoms with Crippen LogP contribution in [0.15, 0.2) is 24.3 Å². The Kier molecular flexibility index (Phi) is 7.47. The van der Waals surface area contributed by atoms with Gasteiger partial charge in [-0.15, -0.1) is 36.2 Å². The lowest BCUT2D eigenvalue weighted by atomic mass is 9.54. The molecule has 1 aromatic carbocycles. The SMILES string of the molecule is CCOC1CC(N)(C(=O)N(C)Cc2nc3ccccc3s2)C1(C)C.Cl.Cl. The second-order valence-corrected chi connectivity index (χ2v) is 8.19.